The quantitative estimate of drug-likeness (QED) is 0.444. The topological polar surface area (TPSA) is 63.7 Å². The Balaban J connectivity index is 1.73. The van der Waals surface area contributed by atoms with Gasteiger partial charge in [0.2, 0.25) is 11.8 Å². The third kappa shape index (κ3) is 1.88. The molecule has 23 heavy (non-hydrogen) atoms. The molecule has 5 nitrogen and oxygen atoms in total. The van der Waals surface area contributed by atoms with Crippen molar-refractivity contribution in [3.63, 3.8) is 0 Å². The van der Waals surface area contributed by atoms with Crippen LogP contribution in [0.3, 0.4) is 0 Å². The van der Waals surface area contributed by atoms with Crippen LogP contribution in [0.4, 0.5) is 0 Å². The molecule has 5 aliphatic rings. The first-order valence-corrected chi connectivity index (χ1v) is 8.75. The summed E-state index contributed by atoms with van der Waals surface area (Å²) in [5.41, 5.74) is -0.926. The maximum atomic E-state index is 13.1. The third-order valence-electron chi connectivity index (χ3n) is 6.44. The third-order valence-corrected chi connectivity index (χ3v) is 6.44. The molecular weight excluding hydrogens is 294 g/mol. The van der Waals surface area contributed by atoms with Gasteiger partial charge in [0.1, 0.15) is 0 Å². The van der Waals surface area contributed by atoms with E-state index in [1.165, 1.54) is 18.4 Å². The molecule has 124 valence electrons. The van der Waals surface area contributed by atoms with Crippen LogP contribution in [0.1, 0.15) is 44.9 Å². The Kier molecular flexibility index (Phi) is 3.36. The van der Waals surface area contributed by atoms with E-state index < -0.39 is 11.3 Å². The Morgan fingerprint density at radius 2 is 1.91 bits per heavy atom. The number of allylic oxidation sites excluding steroid dienone is 1. The van der Waals surface area contributed by atoms with E-state index in [4.69, 9.17) is 4.74 Å². The zero-order chi connectivity index (χ0) is 16.2. The highest BCUT2D eigenvalue weighted by Gasteiger charge is 2.66. The number of amides is 2. The van der Waals surface area contributed by atoms with Gasteiger partial charge in [-0.1, -0.05) is 31.4 Å². The number of methoxy groups -OCH3 is 1. The van der Waals surface area contributed by atoms with Crippen molar-refractivity contribution in [1.82, 2.24) is 4.90 Å². The fourth-order valence-electron chi connectivity index (χ4n) is 5.31. The van der Waals surface area contributed by atoms with E-state index in [0.29, 0.717) is 6.42 Å². The molecule has 0 aromatic heterocycles. The first-order chi connectivity index (χ1) is 11.1. The van der Waals surface area contributed by atoms with Gasteiger partial charge >= 0.3 is 5.97 Å². The molecule has 1 heterocycles. The molecule has 1 saturated heterocycles. The van der Waals surface area contributed by atoms with Crippen LogP contribution in [0.25, 0.3) is 0 Å². The minimum Gasteiger partial charge on any atom is -0.468 e. The summed E-state index contributed by atoms with van der Waals surface area (Å²) < 4.78 is 5.01. The van der Waals surface area contributed by atoms with E-state index in [2.05, 4.69) is 0 Å². The van der Waals surface area contributed by atoms with E-state index in [0.717, 1.165) is 32.1 Å². The van der Waals surface area contributed by atoms with Crippen LogP contribution >= 0.6 is 0 Å². The summed E-state index contributed by atoms with van der Waals surface area (Å²) >= 11 is 0. The SMILES string of the molecule is COC(=O)[C@]12C=C[C@H](CC1)[C@H]1C(=O)N(C3CCCCC3)C(=O)[C@H]12. The van der Waals surface area contributed by atoms with Gasteiger partial charge in [-0.25, -0.2) is 0 Å². The van der Waals surface area contributed by atoms with E-state index in [-0.39, 0.29) is 35.7 Å². The molecule has 2 amide bonds. The van der Waals surface area contributed by atoms with Crippen molar-refractivity contribution in [1.29, 1.82) is 0 Å². The second-order valence-electron chi connectivity index (χ2n) is 7.44. The Morgan fingerprint density at radius 3 is 2.52 bits per heavy atom. The lowest BCUT2D eigenvalue weighted by Gasteiger charge is -2.45. The highest BCUT2D eigenvalue weighted by molar-refractivity contribution is 6.09. The predicted molar refractivity (Wildman–Crippen MR) is 82.0 cm³/mol. The zero-order valence-corrected chi connectivity index (χ0v) is 13.5. The molecule has 4 aliphatic carbocycles. The Bertz CT molecular complexity index is 592. The van der Waals surface area contributed by atoms with Crippen molar-refractivity contribution in [2.75, 3.05) is 7.11 Å². The summed E-state index contributed by atoms with van der Waals surface area (Å²) in [6, 6.07) is 0.0310. The van der Waals surface area contributed by atoms with Gasteiger partial charge in [0.15, 0.2) is 0 Å². The minimum atomic E-state index is -0.926. The molecule has 5 rings (SSSR count). The van der Waals surface area contributed by atoms with E-state index >= 15 is 0 Å². The van der Waals surface area contributed by atoms with Crippen molar-refractivity contribution < 1.29 is 19.1 Å². The van der Waals surface area contributed by atoms with Gasteiger partial charge in [0.25, 0.3) is 0 Å². The van der Waals surface area contributed by atoms with Gasteiger partial charge in [-0.2, -0.15) is 0 Å². The molecule has 0 aromatic carbocycles. The molecule has 3 fully saturated rings. The number of carbonyl (C=O) groups is 3. The monoisotopic (exact) mass is 317 g/mol. The fourth-order valence-corrected chi connectivity index (χ4v) is 5.31. The van der Waals surface area contributed by atoms with Crippen LogP contribution < -0.4 is 0 Å². The van der Waals surface area contributed by atoms with E-state index in [1.54, 1.807) is 0 Å². The fraction of sp³-hybridized carbons (Fsp3) is 0.722. The van der Waals surface area contributed by atoms with Gasteiger partial charge in [-0.15, -0.1) is 0 Å². The smallest absolute Gasteiger partial charge is 0.316 e. The van der Waals surface area contributed by atoms with Crippen LogP contribution in [0.15, 0.2) is 12.2 Å². The number of hydrogen-bond acceptors (Lipinski definition) is 4. The molecule has 2 bridgehead atoms. The summed E-state index contributed by atoms with van der Waals surface area (Å²) in [6.07, 6.45) is 10.3. The van der Waals surface area contributed by atoms with Crippen molar-refractivity contribution in [3.05, 3.63) is 12.2 Å². The van der Waals surface area contributed by atoms with Crippen LogP contribution in [-0.2, 0) is 19.1 Å². The number of nitrogens with zero attached hydrogens (tertiary/aromatic N) is 1. The van der Waals surface area contributed by atoms with E-state index in [1.807, 2.05) is 12.2 Å². The highest BCUT2D eigenvalue weighted by Crippen LogP contribution is 2.57. The van der Waals surface area contributed by atoms with Gasteiger partial charge in [0.05, 0.1) is 24.4 Å². The highest BCUT2D eigenvalue weighted by atomic mass is 16.5. The molecule has 0 unspecified atom stereocenters. The molecular formula is C18H23NO4. The lowest BCUT2D eigenvalue weighted by Crippen LogP contribution is -2.51. The largest absolute Gasteiger partial charge is 0.468 e. The summed E-state index contributed by atoms with van der Waals surface area (Å²) in [7, 11) is 1.36. The molecule has 4 atom stereocenters. The number of esters is 1. The zero-order valence-electron chi connectivity index (χ0n) is 13.5. The Hall–Kier alpha value is -1.65. The predicted octanol–water partition coefficient (Wildman–Crippen LogP) is 2.06. The molecule has 0 radical (unpaired) electrons. The number of likely N-dealkylation sites (tertiary alicyclic amines) is 1. The lowest BCUT2D eigenvalue weighted by atomic mass is 9.55. The maximum Gasteiger partial charge on any atom is 0.316 e. The number of hydrogen-bond donors (Lipinski definition) is 0. The van der Waals surface area contributed by atoms with Gasteiger partial charge in [-0.3, -0.25) is 19.3 Å². The number of fused-ring (bicyclic) bond motifs is 1. The molecule has 0 N–H and O–H groups in total. The Labute approximate surface area is 136 Å². The lowest BCUT2D eigenvalue weighted by molar-refractivity contribution is -0.161. The van der Waals surface area contributed by atoms with Gasteiger partial charge < -0.3 is 4.74 Å². The molecule has 0 aromatic rings. The summed E-state index contributed by atoms with van der Waals surface area (Å²) in [5, 5.41) is 0. The summed E-state index contributed by atoms with van der Waals surface area (Å²) in [6.45, 7) is 0. The van der Waals surface area contributed by atoms with Crippen LogP contribution in [0.2, 0.25) is 0 Å². The van der Waals surface area contributed by atoms with Crippen molar-refractivity contribution in [2.24, 2.45) is 23.2 Å². The number of rotatable bonds is 2. The second kappa shape index (κ2) is 5.18. The average Bonchev–Trinajstić information content (AvgIpc) is 2.89. The average molecular weight is 317 g/mol. The molecule has 2 saturated carbocycles. The van der Waals surface area contributed by atoms with Crippen molar-refractivity contribution >= 4 is 17.8 Å². The molecule has 5 heteroatoms. The van der Waals surface area contributed by atoms with Crippen LogP contribution in [-0.4, -0.2) is 35.8 Å². The standard InChI is InChI=1S/C18H23NO4/c1-23-17(22)18-9-7-11(8-10-18)13-14(18)16(21)19(15(13)20)12-5-3-2-4-6-12/h7,9,11-14H,2-6,8,10H2,1H3/t11-,13-,14+,18-/m1/s1. The second-order valence-corrected chi connectivity index (χ2v) is 7.44. The van der Waals surface area contributed by atoms with Crippen LogP contribution in [0, 0.1) is 23.2 Å². The van der Waals surface area contributed by atoms with Gasteiger partial charge in [0, 0.05) is 6.04 Å². The minimum absolute atomic E-state index is 0.0310. The molecule has 1 aliphatic heterocycles. The number of ether oxygens (including phenoxy) is 1. The summed E-state index contributed by atoms with van der Waals surface area (Å²) in [4.78, 5) is 40.1. The normalized spacial score (nSPS) is 39.7. The van der Waals surface area contributed by atoms with Crippen molar-refractivity contribution in [3.8, 4) is 0 Å². The van der Waals surface area contributed by atoms with Gasteiger partial charge in [-0.05, 0) is 31.6 Å². The molecule has 0 spiro atoms. The first-order valence-electron chi connectivity index (χ1n) is 8.75. The van der Waals surface area contributed by atoms with Crippen molar-refractivity contribution in [2.45, 2.75) is 51.0 Å². The Morgan fingerprint density at radius 1 is 1.17 bits per heavy atom. The van der Waals surface area contributed by atoms with E-state index in [9.17, 15) is 14.4 Å². The number of carbonyl (C=O) groups excluding carboxylic acids is 3. The summed E-state index contributed by atoms with van der Waals surface area (Å²) in [5.74, 6) is -1.36. The number of imide groups is 1. The first kappa shape index (κ1) is 14.9. The van der Waals surface area contributed by atoms with Crippen LogP contribution in [0.5, 0.6) is 0 Å². The maximum absolute atomic E-state index is 13.1.